The smallest absolute Gasteiger partial charge is 0.130 e. The molecular formula is C31H28N2O. The van der Waals surface area contributed by atoms with Crippen molar-refractivity contribution in [2.75, 3.05) is 7.11 Å². The van der Waals surface area contributed by atoms with E-state index in [1.807, 2.05) is 31.4 Å². The third-order valence-corrected chi connectivity index (χ3v) is 8.56. The van der Waals surface area contributed by atoms with Crippen LogP contribution in [0.25, 0.3) is 28.0 Å². The quantitative estimate of drug-likeness (QED) is 0.394. The summed E-state index contributed by atoms with van der Waals surface area (Å²) in [7, 11) is 1.81. The Hall–Kier alpha value is -3.56. The summed E-state index contributed by atoms with van der Waals surface area (Å²) in [5, 5.41) is 20.3. The second-order valence-electron chi connectivity index (χ2n) is 10.7. The maximum absolute atomic E-state index is 9.04. The van der Waals surface area contributed by atoms with E-state index in [1.54, 1.807) is 6.08 Å². The molecule has 0 aromatic heterocycles. The van der Waals surface area contributed by atoms with Crippen molar-refractivity contribution in [2.24, 2.45) is 17.8 Å². The zero-order valence-corrected chi connectivity index (χ0v) is 19.6. The van der Waals surface area contributed by atoms with Gasteiger partial charge in [0.25, 0.3) is 0 Å². The Labute approximate surface area is 201 Å². The average molecular weight is 445 g/mol. The third kappa shape index (κ3) is 3.48. The van der Waals surface area contributed by atoms with Crippen LogP contribution in [-0.2, 0) is 5.41 Å². The molecule has 7 rings (SSSR count). The van der Waals surface area contributed by atoms with E-state index in [0.29, 0.717) is 0 Å². The molecule has 4 aliphatic rings. The van der Waals surface area contributed by atoms with Gasteiger partial charge in [0, 0.05) is 5.56 Å². The van der Waals surface area contributed by atoms with E-state index in [4.69, 9.17) is 15.3 Å². The van der Waals surface area contributed by atoms with E-state index < -0.39 is 0 Å². The van der Waals surface area contributed by atoms with Gasteiger partial charge >= 0.3 is 0 Å². The van der Waals surface area contributed by atoms with Gasteiger partial charge in [-0.3, -0.25) is 0 Å². The number of rotatable bonds is 4. The number of methoxy groups -OCH3 is 1. The highest BCUT2D eigenvalue weighted by atomic mass is 16.5. The zero-order valence-electron chi connectivity index (χ0n) is 19.6. The van der Waals surface area contributed by atoms with Gasteiger partial charge in [0.1, 0.15) is 23.5 Å². The molecule has 3 aromatic rings. The molecule has 0 unspecified atom stereocenters. The number of ether oxygens (including phenoxy) is 1. The Morgan fingerprint density at radius 1 is 0.824 bits per heavy atom. The molecule has 0 radical (unpaired) electrons. The minimum atomic E-state index is 0.117. The van der Waals surface area contributed by atoms with Gasteiger partial charge in [0.2, 0.25) is 0 Å². The fourth-order valence-electron chi connectivity index (χ4n) is 7.53. The highest BCUT2D eigenvalue weighted by Gasteiger charge is 2.52. The van der Waals surface area contributed by atoms with Gasteiger partial charge in [-0.05, 0) is 119 Å². The highest BCUT2D eigenvalue weighted by molar-refractivity contribution is 5.89. The minimum Gasteiger partial charge on any atom is -0.496 e. The first-order chi connectivity index (χ1) is 16.6. The van der Waals surface area contributed by atoms with Gasteiger partial charge in [0.15, 0.2) is 0 Å². The zero-order chi connectivity index (χ0) is 23.3. The van der Waals surface area contributed by atoms with Crippen LogP contribution in [0.3, 0.4) is 0 Å². The van der Waals surface area contributed by atoms with Crippen LogP contribution in [-0.4, -0.2) is 7.11 Å². The van der Waals surface area contributed by atoms with Crippen LogP contribution in [0.4, 0.5) is 0 Å². The summed E-state index contributed by atoms with van der Waals surface area (Å²) in [6.07, 6.45) is 9.91. The predicted molar refractivity (Wildman–Crippen MR) is 135 cm³/mol. The molecule has 4 fully saturated rings. The number of benzene rings is 3. The normalized spacial score (nSPS) is 26.6. The van der Waals surface area contributed by atoms with Crippen molar-refractivity contribution in [3.05, 3.63) is 71.3 Å². The average Bonchev–Trinajstić information content (AvgIpc) is 2.85. The Bertz CT molecular complexity index is 1350. The Morgan fingerprint density at radius 3 is 2.06 bits per heavy atom. The van der Waals surface area contributed by atoms with E-state index >= 15 is 0 Å². The summed E-state index contributed by atoms with van der Waals surface area (Å²) in [6.45, 7) is 0. The van der Waals surface area contributed by atoms with Gasteiger partial charge in [-0.15, -0.1) is 0 Å². The summed E-state index contributed by atoms with van der Waals surface area (Å²) < 4.78 is 5.91. The lowest BCUT2D eigenvalue weighted by Crippen LogP contribution is -2.48. The molecule has 0 atom stereocenters. The van der Waals surface area contributed by atoms with Crippen LogP contribution in [0.15, 0.2) is 60.2 Å². The Balaban J connectivity index is 1.39. The largest absolute Gasteiger partial charge is 0.496 e. The molecule has 0 amide bonds. The molecule has 3 heteroatoms. The van der Waals surface area contributed by atoms with E-state index in [9.17, 15) is 0 Å². The van der Waals surface area contributed by atoms with Crippen molar-refractivity contribution >= 4 is 16.8 Å². The second kappa shape index (κ2) is 8.03. The van der Waals surface area contributed by atoms with Crippen LogP contribution in [0, 0.1) is 40.4 Å². The molecule has 4 bridgehead atoms. The van der Waals surface area contributed by atoms with Gasteiger partial charge in [-0.25, -0.2) is 0 Å². The van der Waals surface area contributed by atoms with E-state index in [2.05, 4.69) is 42.5 Å². The van der Waals surface area contributed by atoms with Crippen LogP contribution < -0.4 is 4.74 Å². The molecule has 0 saturated heterocycles. The van der Waals surface area contributed by atoms with Crippen molar-refractivity contribution in [2.45, 2.75) is 43.9 Å². The summed E-state index contributed by atoms with van der Waals surface area (Å²) in [5.74, 6) is 3.73. The van der Waals surface area contributed by atoms with Crippen molar-refractivity contribution in [1.29, 1.82) is 10.5 Å². The third-order valence-electron chi connectivity index (χ3n) is 8.56. The highest BCUT2D eigenvalue weighted by Crippen LogP contribution is 2.62. The molecule has 4 aliphatic carbocycles. The molecular weight excluding hydrogens is 416 g/mol. The van der Waals surface area contributed by atoms with Crippen LogP contribution >= 0.6 is 0 Å². The Morgan fingerprint density at radius 2 is 1.41 bits per heavy atom. The van der Waals surface area contributed by atoms with Crippen molar-refractivity contribution < 1.29 is 4.74 Å². The van der Waals surface area contributed by atoms with Gasteiger partial charge in [-0.2, -0.15) is 10.5 Å². The molecule has 4 saturated carbocycles. The van der Waals surface area contributed by atoms with Crippen molar-refractivity contribution in [3.63, 3.8) is 0 Å². The predicted octanol–water partition coefficient (Wildman–Crippen LogP) is 7.41. The maximum atomic E-state index is 9.04. The molecule has 0 N–H and O–H groups in total. The fraction of sp³-hybridized carbons (Fsp3) is 0.355. The van der Waals surface area contributed by atoms with Gasteiger partial charge in [-0.1, -0.05) is 30.3 Å². The van der Waals surface area contributed by atoms with Crippen molar-refractivity contribution in [3.8, 4) is 29.0 Å². The topological polar surface area (TPSA) is 56.8 Å². The van der Waals surface area contributed by atoms with E-state index in [-0.39, 0.29) is 11.0 Å². The molecule has 0 heterocycles. The molecule has 0 aliphatic heterocycles. The fourth-order valence-corrected chi connectivity index (χ4v) is 7.53. The summed E-state index contributed by atoms with van der Waals surface area (Å²) >= 11 is 0. The molecule has 3 aromatic carbocycles. The second-order valence-corrected chi connectivity index (χ2v) is 10.7. The summed E-state index contributed by atoms with van der Waals surface area (Å²) in [6, 6.07) is 23.3. The number of nitriles is 2. The first-order valence-corrected chi connectivity index (χ1v) is 12.3. The monoisotopic (exact) mass is 444 g/mol. The van der Waals surface area contributed by atoms with Gasteiger partial charge < -0.3 is 4.74 Å². The Kier molecular flexibility index (Phi) is 4.96. The van der Waals surface area contributed by atoms with Crippen LogP contribution in [0.5, 0.6) is 5.75 Å². The lowest BCUT2D eigenvalue weighted by Gasteiger charge is -2.57. The SMILES string of the molecule is COc1ccc(-c2ccc3cc(C=C(C#N)C#N)ccc3c2)cc1C12CC3CC(CC(C3)C1)C2. The van der Waals surface area contributed by atoms with Crippen LogP contribution in [0.2, 0.25) is 0 Å². The lowest BCUT2D eigenvalue weighted by molar-refractivity contribution is -0.00613. The molecule has 34 heavy (non-hydrogen) atoms. The minimum absolute atomic E-state index is 0.117. The first kappa shape index (κ1) is 21.0. The van der Waals surface area contributed by atoms with E-state index in [0.717, 1.165) is 39.8 Å². The lowest BCUT2D eigenvalue weighted by atomic mass is 9.48. The van der Waals surface area contributed by atoms with E-state index in [1.165, 1.54) is 55.2 Å². The number of hydrogen-bond acceptors (Lipinski definition) is 3. The number of fused-ring (bicyclic) bond motifs is 1. The number of allylic oxidation sites excluding steroid dienone is 1. The molecule has 0 spiro atoms. The first-order valence-electron chi connectivity index (χ1n) is 12.3. The number of nitrogens with zero attached hydrogens (tertiary/aromatic N) is 2. The maximum Gasteiger partial charge on any atom is 0.130 e. The van der Waals surface area contributed by atoms with Crippen molar-refractivity contribution in [1.82, 2.24) is 0 Å². The van der Waals surface area contributed by atoms with Crippen LogP contribution in [0.1, 0.15) is 49.7 Å². The molecule has 3 nitrogen and oxygen atoms in total. The molecule has 168 valence electrons. The summed E-state index contributed by atoms with van der Waals surface area (Å²) in [4.78, 5) is 0. The summed E-state index contributed by atoms with van der Waals surface area (Å²) in [5.41, 5.74) is 5.15. The standard InChI is InChI=1S/C31H28N2O/c1-34-30-7-6-28(14-29(30)31-15-21-9-22(16-31)11-23(10-21)17-31)27-5-4-25-12-20(2-3-26(25)13-27)8-24(18-32)19-33/h2-8,12-14,21-23H,9-11,15-17H2,1H3. The van der Waals surface area contributed by atoms with Gasteiger partial charge in [0.05, 0.1) is 7.11 Å². The number of hydrogen-bond donors (Lipinski definition) is 0.